The number of fused-ring (bicyclic) bond motifs is 1. The number of carbonyl (C=O) groups is 2. The lowest BCUT2D eigenvalue weighted by atomic mass is 10.1. The van der Waals surface area contributed by atoms with Crippen molar-refractivity contribution < 1.29 is 23.8 Å². The van der Waals surface area contributed by atoms with Gasteiger partial charge in [-0.05, 0) is 30.3 Å². The molecule has 2 aromatic carbocycles. The molecule has 0 aromatic heterocycles. The summed E-state index contributed by atoms with van der Waals surface area (Å²) in [4.78, 5) is 24.6. The van der Waals surface area contributed by atoms with Gasteiger partial charge >= 0.3 is 0 Å². The molecular formula is C17H15ClN2O5. The van der Waals surface area contributed by atoms with Crippen molar-refractivity contribution >= 4 is 23.4 Å². The van der Waals surface area contributed by atoms with E-state index in [0.29, 0.717) is 35.5 Å². The molecule has 25 heavy (non-hydrogen) atoms. The molecule has 1 aliphatic rings. The first-order chi connectivity index (χ1) is 12.1. The molecule has 0 radical (unpaired) electrons. The maximum Gasteiger partial charge on any atom is 0.273 e. The Hall–Kier alpha value is -2.93. The Balaban J connectivity index is 1.73. The van der Waals surface area contributed by atoms with E-state index < -0.39 is 11.8 Å². The van der Waals surface area contributed by atoms with Gasteiger partial charge in [-0.15, -0.1) is 0 Å². The summed E-state index contributed by atoms with van der Waals surface area (Å²) in [5.74, 6) is 0.0823. The van der Waals surface area contributed by atoms with E-state index >= 15 is 0 Å². The fraction of sp³-hybridized carbons (Fsp3) is 0.176. The van der Waals surface area contributed by atoms with Gasteiger partial charge in [-0.3, -0.25) is 20.4 Å². The summed E-state index contributed by atoms with van der Waals surface area (Å²) < 4.78 is 16.0. The fourth-order valence-corrected chi connectivity index (χ4v) is 2.53. The normalized spacial score (nSPS) is 12.2. The first kappa shape index (κ1) is 16.9. The monoisotopic (exact) mass is 362 g/mol. The van der Waals surface area contributed by atoms with Crippen molar-refractivity contribution in [2.45, 2.75) is 0 Å². The van der Waals surface area contributed by atoms with Gasteiger partial charge in [0.25, 0.3) is 11.8 Å². The van der Waals surface area contributed by atoms with Crippen LogP contribution in [0.15, 0.2) is 36.4 Å². The first-order valence-corrected chi connectivity index (χ1v) is 7.81. The third kappa shape index (κ3) is 3.61. The summed E-state index contributed by atoms with van der Waals surface area (Å²) in [7, 11) is 1.44. The number of hydrazine groups is 1. The molecule has 0 aliphatic carbocycles. The van der Waals surface area contributed by atoms with Crippen molar-refractivity contribution in [1.82, 2.24) is 10.9 Å². The highest BCUT2D eigenvalue weighted by Gasteiger charge is 2.21. The predicted octanol–water partition coefficient (Wildman–Crippen LogP) is 2.19. The second-order valence-corrected chi connectivity index (χ2v) is 5.52. The molecule has 0 saturated carbocycles. The third-order valence-electron chi connectivity index (χ3n) is 3.51. The van der Waals surface area contributed by atoms with Gasteiger partial charge in [0.15, 0.2) is 11.5 Å². The molecule has 8 heteroatoms. The predicted molar refractivity (Wildman–Crippen MR) is 90.4 cm³/mol. The smallest absolute Gasteiger partial charge is 0.273 e. The molecule has 0 saturated heterocycles. The minimum absolute atomic E-state index is 0.199. The Kier molecular flexibility index (Phi) is 4.95. The van der Waals surface area contributed by atoms with Crippen LogP contribution in [-0.2, 0) is 0 Å². The molecule has 0 fully saturated rings. The van der Waals surface area contributed by atoms with Crippen molar-refractivity contribution in [2.75, 3.05) is 20.3 Å². The van der Waals surface area contributed by atoms with Crippen molar-refractivity contribution in [3.8, 4) is 17.2 Å². The summed E-state index contributed by atoms with van der Waals surface area (Å²) >= 11 is 5.90. The van der Waals surface area contributed by atoms with E-state index in [9.17, 15) is 9.59 Å². The van der Waals surface area contributed by atoms with Gasteiger partial charge < -0.3 is 14.2 Å². The highest BCUT2D eigenvalue weighted by molar-refractivity contribution is 6.31. The van der Waals surface area contributed by atoms with Crippen molar-refractivity contribution in [3.63, 3.8) is 0 Å². The molecule has 3 rings (SSSR count). The van der Waals surface area contributed by atoms with Crippen LogP contribution in [0, 0.1) is 0 Å². The van der Waals surface area contributed by atoms with Crippen molar-refractivity contribution in [3.05, 3.63) is 52.5 Å². The van der Waals surface area contributed by atoms with E-state index in [1.54, 1.807) is 30.3 Å². The summed E-state index contributed by atoms with van der Waals surface area (Å²) in [5, 5.41) is 0.375. The number of methoxy groups -OCH3 is 1. The molecular weight excluding hydrogens is 348 g/mol. The number of ether oxygens (including phenoxy) is 3. The lowest BCUT2D eigenvalue weighted by Gasteiger charge is -2.20. The van der Waals surface area contributed by atoms with Crippen LogP contribution in [-0.4, -0.2) is 32.1 Å². The van der Waals surface area contributed by atoms with Crippen LogP contribution in [0.4, 0.5) is 0 Å². The molecule has 130 valence electrons. The lowest BCUT2D eigenvalue weighted by Crippen LogP contribution is -2.42. The number of benzene rings is 2. The van der Waals surface area contributed by atoms with Crippen molar-refractivity contribution in [1.29, 1.82) is 0 Å². The fourth-order valence-electron chi connectivity index (χ4n) is 2.36. The number of halogens is 1. The highest BCUT2D eigenvalue weighted by atomic mass is 35.5. The molecule has 0 atom stereocenters. The van der Waals surface area contributed by atoms with Crippen LogP contribution in [0.1, 0.15) is 20.7 Å². The first-order valence-electron chi connectivity index (χ1n) is 7.43. The maximum atomic E-state index is 12.4. The molecule has 1 aliphatic heterocycles. The maximum absolute atomic E-state index is 12.4. The Morgan fingerprint density at radius 2 is 1.76 bits per heavy atom. The number of amides is 2. The number of hydrogen-bond acceptors (Lipinski definition) is 5. The number of nitrogens with one attached hydrogen (secondary N) is 2. The number of hydrogen-bond donors (Lipinski definition) is 2. The molecule has 2 amide bonds. The van der Waals surface area contributed by atoms with Gasteiger partial charge in [0.2, 0.25) is 0 Å². The second-order valence-electron chi connectivity index (χ2n) is 5.08. The zero-order valence-corrected chi connectivity index (χ0v) is 14.1. The van der Waals surface area contributed by atoms with Gasteiger partial charge in [-0.1, -0.05) is 17.7 Å². The Morgan fingerprint density at radius 3 is 2.52 bits per heavy atom. The van der Waals surface area contributed by atoms with Crippen LogP contribution >= 0.6 is 11.6 Å². The van der Waals surface area contributed by atoms with E-state index in [1.807, 2.05) is 0 Å². The Morgan fingerprint density at radius 1 is 1.04 bits per heavy atom. The molecule has 2 aromatic rings. The molecule has 0 spiro atoms. The van der Waals surface area contributed by atoms with Crippen LogP contribution in [0.5, 0.6) is 17.2 Å². The average molecular weight is 363 g/mol. The van der Waals surface area contributed by atoms with Gasteiger partial charge in [0.1, 0.15) is 19.0 Å². The molecule has 7 nitrogen and oxygen atoms in total. The van der Waals surface area contributed by atoms with Gasteiger partial charge in [-0.2, -0.15) is 0 Å². The van der Waals surface area contributed by atoms with Gasteiger partial charge in [-0.25, -0.2) is 0 Å². The number of rotatable bonds is 3. The quantitative estimate of drug-likeness (QED) is 0.817. The molecule has 0 bridgehead atoms. The Bertz CT molecular complexity index is 825. The third-order valence-corrected chi connectivity index (χ3v) is 3.74. The van der Waals surface area contributed by atoms with E-state index in [1.165, 1.54) is 13.2 Å². The van der Waals surface area contributed by atoms with Crippen LogP contribution < -0.4 is 25.1 Å². The largest absolute Gasteiger partial charge is 0.496 e. The van der Waals surface area contributed by atoms with Crippen molar-refractivity contribution in [2.24, 2.45) is 0 Å². The van der Waals surface area contributed by atoms with Crippen LogP contribution in [0.3, 0.4) is 0 Å². The zero-order valence-electron chi connectivity index (χ0n) is 13.3. The summed E-state index contributed by atoms with van der Waals surface area (Å²) in [6, 6.07) is 9.57. The number of carbonyl (C=O) groups excluding carboxylic acids is 2. The topological polar surface area (TPSA) is 85.9 Å². The lowest BCUT2D eigenvalue weighted by molar-refractivity contribution is 0.0839. The molecule has 1 heterocycles. The zero-order chi connectivity index (χ0) is 17.8. The Labute approximate surface area is 148 Å². The van der Waals surface area contributed by atoms with Gasteiger partial charge in [0.05, 0.1) is 18.2 Å². The highest BCUT2D eigenvalue weighted by Crippen LogP contribution is 2.33. The van der Waals surface area contributed by atoms with E-state index in [2.05, 4.69) is 10.9 Å². The molecule has 2 N–H and O–H groups in total. The minimum atomic E-state index is -0.560. The average Bonchev–Trinajstić information content (AvgIpc) is 2.65. The van der Waals surface area contributed by atoms with E-state index in [0.717, 1.165) is 0 Å². The van der Waals surface area contributed by atoms with Crippen LogP contribution in [0.25, 0.3) is 0 Å². The summed E-state index contributed by atoms with van der Waals surface area (Å²) in [5.41, 5.74) is 5.14. The number of para-hydroxylation sites is 1. The second kappa shape index (κ2) is 7.31. The van der Waals surface area contributed by atoms with Gasteiger partial charge in [0, 0.05) is 5.02 Å². The van der Waals surface area contributed by atoms with Crippen LogP contribution in [0.2, 0.25) is 5.02 Å². The SMILES string of the molecule is COc1ccc(Cl)cc1C(=O)NNC(=O)c1cccc2c1OCCO2. The molecule has 0 unspecified atom stereocenters. The summed E-state index contributed by atoms with van der Waals surface area (Å²) in [6.07, 6.45) is 0. The standard InChI is InChI=1S/C17H15ClN2O5/c1-23-13-6-5-10(18)9-12(13)17(22)20-19-16(21)11-3-2-4-14-15(11)25-8-7-24-14/h2-6,9H,7-8H2,1H3,(H,19,21)(H,20,22). The van der Waals surface area contributed by atoms with E-state index in [-0.39, 0.29) is 11.1 Å². The summed E-state index contributed by atoms with van der Waals surface area (Å²) in [6.45, 7) is 0.771. The van der Waals surface area contributed by atoms with E-state index in [4.69, 9.17) is 25.8 Å². The minimum Gasteiger partial charge on any atom is -0.496 e.